The van der Waals surface area contributed by atoms with Crippen LogP contribution in [0.5, 0.6) is 5.75 Å². The lowest BCUT2D eigenvalue weighted by Gasteiger charge is -2.26. The quantitative estimate of drug-likeness (QED) is 0.840. The third-order valence-corrected chi connectivity index (χ3v) is 4.05. The van der Waals surface area contributed by atoms with Crippen LogP contribution in [0.15, 0.2) is 18.2 Å². The van der Waals surface area contributed by atoms with E-state index in [1.54, 1.807) is 25.3 Å². The van der Waals surface area contributed by atoms with Gasteiger partial charge < -0.3 is 14.8 Å². The number of hydrogen-bond donors (Lipinski definition) is 1. The number of nitrogens with zero attached hydrogens (tertiary/aromatic N) is 1. The number of rotatable bonds is 7. The maximum atomic E-state index is 12.5. The minimum absolute atomic E-state index is 0.177. The zero-order chi connectivity index (χ0) is 16.2. The van der Waals surface area contributed by atoms with Gasteiger partial charge in [0.1, 0.15) is 17.4 Å². The highest BCUT2D eigenvalue weighted by molar-refractivity contribution is 5.97. The molecule has 1 aromatic carbocycles. The summed E-state index contributed by atoms with van der Waals surface area (Å²) < 4.78 is 10.9. The van der Waals surface area contributed by atoms with Crippen LogP contribution in [0.2, 0.25) is 0 Å². The fourth-order valence-corrected chi connectivity index (χ4v) is 2.37. The molecule has 0 aromatic heterocycles. The maximum absolute atomic E-state index is 12.5. The molecule has 1 saturated carbocycles. The van der Waals surface area contributed by atoms with Gasteiger partial charge in [-0.15, -0.1) is 0 Å². The second-order valence-corrected chi connectivity index (χ2v) is 5.71. The summed E-state index contributed by atoms with van der Waals surface area (Å²) in [7, 11) is 1.56. The van der Waals surface area contributed by atoms with Gasteiger partial charge in [0.2, 0.25) is 0 Å². The predicted molar refractivity (Wildman–Crippen MR) is 83.7 cm³/mol. The van der Waals surface area contributed by atoms with Crippen LogP contribution in [-0.4, -0.2) is 25.2 Å². The van der Waals surface area contributed by atoms with Crippen molar-refractivity contribution in [1.29, 1.82) is 5.26 Å². The van der Waals surface area contributed by atoms with E-state index < -0.39 is 5.60 Å². The molecular weight excluding hydrogens is 280 g/mol. The van der Waals surface area contributed by atoms with Gasteiger partial charge in [0.25, 0.3) is 5.91 Å². The second kappa shape index (κ2) is 6.80. The number of ether oxygens (including phenoxy) is 2. The molecule has 1 atom stereocenters. The molecule has 5 nitrogen and oxygen atoms in total. The number of carbonyl (C=O) groups is 1. The van der Waals surface area contributed by atoms with E-state index in [0.29, 0.717) is 23.6 Å². The lowest BCUT2D eigenvalue weighted by molar-refractivity contribution is -0.138. The summed E-state index contributed by atoms with van der Waals surface area (Å²) in [5.41, 5.74) is 0.176. The van der Waals surface area contributed by atoms with Crippen molar-refractivity contribution in [2.45, 2.75) is 38.7 Å². The number of hydrogen-bond acceptors (Lipinski definition) is 4. The summed E-state index contributed by atoms with van der Waals surface area (Å²) >= 11 is 0. The molecular formula is C17H22N2O3. The molecule has 118 valence electrons. The van der Waals surface area contributed by atoms with Crippen molar-refractivity contribution in [3.8, 4) is 11.8 Å². The summed E-state index contributed by atoms with van der Waals surface area (Å²) in [4.78, 5) is 12.5. The molecule has 1 N–H and O–H groups in total. The Balaban J connectivity index is 2.13. The summed E-state index contributed by atoms with van der Waals surface area (Å²) in [6.45, 7) is 4.37. The summed E-state index contributed by atoms with van der Waals surface area (Å²) in [6, 6.07) is 7.19. The maximum Gasteiger partial charge on any atom is 0.256 e. The summed E-state index contributed by atoms with van der Waals surface area (Å²) in [5, 5.41) is 12.1. The minimum Gasteiger partial charge on any atom is -0.492 e. The first-order chi connectivity index (χ1) is 10.5. The third-order valence-electron chi connectivity index (χ3n) is 4.05. The topological polar surface area (TPSA) is 71.3 Å². The summed E-state index contributed by atoms with van der Waals surface area (Å²) in [6.07, 6.45) is 2.88. The molecule has 22 heavy (non-hydrogen) atoms. The van der Waals surface area contributed by atoms with E-state index in [4.69, 9.17) is 9.47 Å². The number of carbonyl (C=O) groups excluding carboxylic acids is 1. The number of nitrogens with one attached hydrogen (secondary N) is 1. The third kappa shape index (κ3) is 3.40. The first-order valence-corrected chi connectivity index (χ1v) is 7.58. The van der Waals surface area contributed by atoms with Gasteiger partial charge in [-0.3, -0.25) is 4.79 Å². The number of amides is 1. The van der Waals surface area contributed by atoms with Crippen LogP contribution >= 0.6 is 0 Å². The largest absolute Gasteiger partial charge is 0.492 e. The van der Waals surface area contributed by atoms with Crippen molar-refractivity contribution >= 4 is 11.6 Å². The van der Waals surface area contributed by atoms with Gasteiger partial charge in [0, 0.05) is 12.8 Å². The van der Waals surface area contributed by atoms with Gasteiger partial charge in [-0.05, 0) is 50.3 Å². The van der Waals surface area contributed by atoms with Crippen LogP contribution in [-0.2, 0) is 9.53 Å². The fourth-order valence-electron chi connectivity index (χ4n) is 2.37. The monoisotopic (exact) mass is 302 g/mol. The molecule has 1 aliphatic rings. The molecule has 2 rings (SSSR count). The molecule has 1 amide bonds. The molecule has 0 radical (unpaired) electrons. The highest BCUT2D eigenvalue weighted by Crippen LogP contribution is 2.42. The normalized spacial score (nSPS) is 16.5. The van der Waals surface area contributed by atoms with E-state index >= 15 is 0 Å². The van der Waals surface area contributed by atoms with Gasteiger partial charge in [0.15, 0.2) is 0 Å². The van der Waals surface area contributed by atoms with E-state index in [2.05, 4.69) is 11.4 Å². The van der Waals surface area contributed by atoms with Crippen LogP contribution in [0.1, 0.15) is 38.7 Å². The van der Waals surface area contributed by atoms with Crippen molar-refractivity contribution in [3.05, 3.63) is 23.8 Å². The Morgan fingerprint density at radius 2 is 2.23 bits per heavy atom. The van der Waals surface area contributed by atoms with Crippen LogP contribution in [0, 0.1) is 17.2 Å². The minimum atomic E-state index is -0.815. The van der Waals surface area contributed by atoms with Crippen LogP contribution in [0.4, 0.5) is 5.69 Å². The molecule has 1 fully saturated rings. The predicted octanol–water partition coefficient (Wildman–Crippen LogP) is 3.10. The SMILES string of the molecule is CCCOc1ccc(NC(=O)C(C)(OC)C2CC2)cc1C#N. The molecule has 0 saturated heterocycles. The average molecular weight is 302 g/mol. The van der Waals surface area contributed by atoms with Crippen molar-refractivity contribution < 1.29 is 14.3 Å². The Morgan fingerprint density at radius 1 is 1.50 bits per heavy atom. The second-order valence-electron chi connectivity index (χ2n) is 5.71. The van der Waals surface area contributed by atoms with Crippen LogP contribution in [0.25, 0.3) is 0 Å². The number of anilines is 1. The smallest absolute Gasteiger partial charge is 0.256 e. The molecule has 1 aromatic rings. The number of benzene rings is 1. The van der Waals surface area contributed by atoms with Crippen molar-refractivity contribution in [2.75, 3.05) is 19.0 Å². The average Bonchev–Trinajstić information content (AvgIpc) is 3.37. The van der Waals surface area contributed by atoms with E-state index in [-0.39, 0.29) is 11.8 Å². The Bertz CT molecular complexity index is 590. The molecule has 1 aliphatic carbocycles. The fraction of sp³-hybridized carbons (Fsp3) is 0.529. The number of nitriles is 1. The molecule has 0 heterocycles. The Labute approximate surface area is 131 Å². The van der Waals surface area contributed by atoms with E-state index in [1.165, 1.54) is 0 Å². The van der Waals surface area contributed by atoms with Gasteiger partial charge in [0.05, 0.1) is 12.2 Å². The molecule has 0 aliphatic heterocycles. The molecule has 1 unspecified atom stereocenters. The zero-order valence-corrected chi connectivity index (χ0v) is 13.3. The highest BCUT2D eigenvalue weighted by Gasteiger charge is 2.47. The Hall–Kier alpha value is -2.06. The first-order valence-electron chi connectivity index (χ1n) is 7.58. The van der Waals surface area contributed by atoms with E-state index in [0.717, 1.165) is 19.3 Å². The lowest BCUT2D eigenvalue weighted by Crippen LogP contribution is -2.44. The number of methoxy groups -OCH3 is 1. The Kier molecular flexibility index (Phi) is 5.04. The van der Waals surface area contributed by atoms with Crippen molar-refractivity contribution in [1.82, 2.24) is 0 Å². The van der Waals surface area contributed by atoms with Crippen LogP contribution < -0.4 is 10.1 Å². The standard InChI is InChI=1S/C17H22N2O3/c1-4-9-22-15-8-7-14(10-12(15)11-18)19-16(20)17(2,21-3)13-5-6-13/h7-8,10,13H,4-6,9H2,1-3H3,(H,19,20). The highest BCUT2D eigenvalue weighted by atomic mass is 16.5. The van der Waals surface area contributed by atoms with Gasteiger partial charge in [-0.1, -0.05) is 6.92 Å². The Morgan fingerprint density at radius 3 is 2.77 bits per heavy atom. The molecule has 0 spiro atoms. The summed E-state index contributed by atoms with van der Waals surface area (Å²) in [5.74, 6) is 0.628. The lowest BCUT2D eigenvalue weighted by atomic mass is 9.99. The van der Waals surface area contributed by atoms with Crippen LogP contribution in [0.3, 0.4) is 0 Å². The van der Waals surface area contributed by atoms with E-state index in [1.807, 2.05) is 13.8 Å². The van der Waals surface area contributed by atoms with Gasteiger partial charge in [-0.2, -0.15) is 5.26 Å². The van der Waals surface area contributed by atoms with E-state index in [9.17, 15) is 10.1 Å². The molecule has 0 bridgehead atoms. The molecule has 5 heteroatoms. The van der Waals surface area contributed by atoms with Crippen molar-refractivity contribution in [2.24, 2.45) is 5.92 Å². The van der Waals surface area contributed by atoms with Crippen molar-refractivity contribution in [3.63, 3.8) is 0 Å². The van der Waals surface area contributed by atoms with Gasteiger partial charge in [-0.25, -0.2) is 0 Å². The van der Waals surface area contributed by atoms with Gasteiger partial charge >= 0.3 is 0 Å². The first kappa shape index (κ1) is 16.3. The zero-order valence-electron chi connectivity index (χ0n) is 13.3.